The lowest BCUT2D eigenvalue weighted by atomic mass is 10.3. The van der Waals surface area contributed by atoms with Gasteiger partial charge in [-0.2, -0.15) is 0 Å². The third-order valence-electron chi connectivity index (χ3n) is 1.48. The summed E-state index contributed by atoms with van der Waals surface area (Å²) in [7, 11) is 0. The van der Waals surface area contributed by atoms with E-state index >= 15 is 0 Å². The Kier molecular flexibility index (Phi) is 5.27. The van der Waals surface area contributed by atoms with Crippen LogP contribution in [0.1, 0.15) is 0 Å². The van der Waals surface area contributed by atoms with E-state index in [-0.39, 0.29) is 0 Å². The molecule has 2 nitrogen and oxygen atoms in total. The topological polar surface area (TPSA) is 21.3 Å². The SMILES string of the molecule is CSOCCNc1ccc(Br)cc1. The molecule has 0 fully saturated rings. The first-order chi connectivity index (χ1) is 6.33. The van der Waals surface area contributed by atoms with Crippen LogP contribution in [0.3, 0.4) is 0 Å². The summed E-state index contributed by atoms with van der Waals surface area (Å²) in [5.41, 5.74) is 1.12. The van der Waals surface area contributed by atoms with E-state index in [9.17, 15) is 0 Å². The van der Waals surface area contributed by atoms with Crippen molar-refractivity contribution in [2.75, 3.05) is 24.7 Å². The quantitative estimate of drug-likeness (QED) is 0.650. The van der Waals surface area contributed by atoms with Crippen LogP contribution in [0.2, 0.25) is 0 Å². The van der Waals surface area contributed by atoms with E-state index < -0.39 is 0 Å². The third-order valence-corrected chi connectivity index (χ3v) is 2.41. The van der Waals surface area contributed by atoms with Gasteiger partial charge in [0.15, 0.2) is 0 Å². The number of hydrogen-bond acceptors (Lipinski definition) is 3. The van der Waals surface area contributed by atoms with Gasteiger partial charge >= 0.3 is 0 Å². The highest BCUT2D eigenvalue weighted by Crippen LogP contribution is 2.13. The smallest absolute Gasteiger partial charge is 0.0786 e. The number of halogens is 1. The average Bonchev–Trinajstić information content (AvgIpc) is 2.15. The molecule has 72 valence electrons. The van der Waals surface area contributed by atoms with E-state index in [0.29, 0.717) is 0 Å². The summed E-state index contributed by atoms with van der Waals surface area (Å²) in [5, 5.41) is 3.25. The molecule has 4 heteroatoms. The molecule has 0 radical (unpaired) electrons. The van der Waals surface area contributed by atoms with E-state index in [4.69, 9.17) is 4.18 Å². The van der Waals surface area contributed by atoms with E-state index in [0.717, 1.165) is 23.3 Å². The van der Waals surface area contributed by atoms with E-state index in [2.05, 4.69) is 21.2 Å². The van der Waals surface area contributed by atoms with E-state index in [1.165, 1.54) is 12.0 Å². The molecule has 0 aliphatic rings. The zero-order chi connectivity index (χ0) is 9.52. The van der Waals surface area contributed by atoms with Crippen molar-refractivity contribution in [1.29, 1.82) is 0 Å². The highest BCUT2D eigenvalue weighted by Gasteiger charge is 1.91. The normalized spacial score (nSPS) is 10.0. The minimum absolute atomic E-state index is 0.719. The lowest BCUT2D eigenvalue weighted by molar-refractivity contribution is 0.394. The maximum atomic E-state index is 5.12. The van der Waals surface area contributed by atoms with Crippen molar-refractivity contribution in [2.45, 2.75) is 0 Å². The summed E-state index contributed by atoms with van der Waals surface area (Å²) in [6.07, 6.45) is 1.92. The number of anilines is 1. The average molecular weight is 262 g/mol. The van der Waals surface area contributed by atoms with Gasteiger partial charge in [0.05, 0.1) is 6.61 Å². The zero-order valence-electron chi connectivity index (χ0n) is 7.42. The van der Waals surface area contributed by atoms with Gasteiger partial charge in [0, 0.05) is 23.0 Å². The van der Waals surface area contributed by atoms with E-state index in [1.54, 1.807) is 0 Å². The lowest BCUT2D eigenvalue weighted by Crippen LogP contribution is -2.06. The molecule has 1 aromatic carbocycles. The first kappa shape index (κ1) is 10.9. The molecule has 0 unspecified atom stereocenters. The first-order valence-corrected chi connectivity index (χ1v) is 5.92. The van der Waals surface area contributed by atoms with Crippen molar-refractivity contribution in [1.82, 2.24) is 0 Å². The second kappa shape index (κ2) is 6.29. The summed E-state index contributed by atoms with van der Waals surface area (Å²) >= 11 is 4.77. The highest BCUT2D eigenvalue weighted by molar-refractivity contribution is 9.10. The van der Waals surface area contributed by atoms with Gasteiger partial charge in [-0.25, -0.2) is 0 Å². The number of nitrogens with one attached hydrogen (secondary N) is 1. The summed E-state index contributed by atoms with van der Waals surface area (Å²) < 4.78 is 6.22. The molecule has 0 saturated carbocycles. The van der Waals surface area contributed by atoms with Gasteiger partial charge in [-0.05, 0) is 36.3 Å². The van der Waals surface area contributed by atoms with Gasteiger partial charge in [0.1, 0.15) is 0 Å². The molecule has 0 bridgehead atoms. The predicted molar refractivity (Wildman–Crippen MR) is 62.1 cm³/mol. The number of rotatable bonds is 5. The maximum Gasteiger partial charge on any atom is 0.0786 e. The molecule has 13 heavy (non-hydrogen) atoms. The standard InChI is InChI=1S/C9H12BrNOS/c1-13-12-7-6-11-9-4-2-8(10)3-5-9/h2-5,11H,6-7H2,1H3. The van der Waals surface area contributed by atoms with Crippen molar-refractivity contribution >= 4 is 33.7 Å². The van der Waals surface area contributed by atoms with Crippen molar-refractivity contribution < 1.29 is 4.18 Å². The minimum atomic E-state index is 0.719. The molecule has 0 aromatic heterocycles. The Labute approximate surface area is 91.4 Å². The molecular weight excluding hydrogens is 250 g/mol. The summed E-state index contributed by atoms with van der Waals surface area (Å²) in [6.45, 7) is 1.56. The van der Waals surface area contributed by atoms with Crippen LogP contribution in [-0.4, -0.2) is 19.4 Å². The molecule has 0 saturated heterocycles. The highest BCUT2D eigenvalue weighted by atomic mass is 79.9. The van der Waals surface area contributed by atoms with Gasteiger partial charge < -0.3 is 9.50 Å². The second-order valence-corrected chi connectivity index (χ2v) is 3.91. The van der Waals surface area contributed by atoms with Gasteiger partial charge in [-0.1, -0.05) is 15.9 Å². The minimum Gasteiger partial charge on any atom is -0.383 e. The van der Waals surface area contributed by atoms with Gasteiger partial charge in [0.2, 0.25) is 0 Å². The molecule has 0 spiro atoms. The van der Waals surface area contributed by atoms with Gasteiger partial charge in [0.25, 0.3) is 0 Å². The predicted octanol–water partition coefficient (Wildman–Crippen LogP) is 3.16. The Balaban J connectivity index is 2.25. The van der Waals surface area contributed by atoms with Crippen LogP contribution in [0.4, 0.5) is 5.69 Å². The lowest BCUT2D eigenvalue weighted by Gasteiger charge is -2.05. The van der Waals surface area contributed by atoms with Crippen LogP contribution in [0.15, 0.2) is 28.7 Å². The van der Waals surface area contributed by atoms with Crippen LogP contribution in [0.25, 0.3) is 0 Å². The van der Waals surface area contributed by atoms with Gasteiger partial charge in [-0.3, -0.25) is 0 Å². The Hall–Kier alpha value is -0.190. The fraction of sp³-hybridized carbons (Fsp3) is 0.333. The van der Waals surface area contributed by atoms with Crippen molar-refractivity contribution in [2.24, 2.45) is 0 Å². The van der Waals surface area contributed by atoms with Crippen molar-refractivity contribution in [3.05, 3.63) is 28.7 Å². The van der Waals surface area contributed by atoms with E-state index in [1.807, 2.05) is 30.5 Å². The number of benzene rings is 1. The Morgan fingerprint density at radius 2 is 2.08 bits per heavy atom. The monoisotopic (exact) mass is 261 g/mol. The van der Waals surface area contributed by atoms with Crippen LogP contribution in [0.5, 0.6) is 0 Å². The Morgan fingerprint density at radius 3 is 2.69 bits per heavy atom. The molecule has 0 atom stereocenters. The van der Waals surface area contributed by atoms with Crippen LogP contribution in [0, 0.1) is 0 Å². The second-order valence-electron chi connectivity index (χ2n) is 2.42. The summed E-state index contributed by atoms with van der Waals surface area (Å²) in [4.78, 5) is 0. The third kappa shape index (κ3) is 4.55. The first-order valence-electron chi connectivity index (χ1n) is 3.98. The molecule has 1 aromatic rings. The van der Waals surface area contributed by atoms with Crippen molar-refractivity contribution in [3.63, 3.8) is 0 Å². The summed E-state index contributed by atoms with van der Waals surface area (Å²) in [6, 6.07) is 8.09. The van der Waals surface area contributed by atoms with Crippen LogP contribution >= 0.6 is 28.0 Å². The van der Waals surface area contributed by atoms with Crippen LogP contribution in [-0.2, 0) is 4.18 Å². The fourth-order valence-electron chi connectivity index (χ4n) is 0.888. The van der Waals surface area contributed by atoms with Crippen molar-refractivity contribution in [3.8, 4) is 0 Å². The Bertz CT molecular complexity index is 240. The van der Waals surface area contributed by atoms with Gasteiger partial charge in [-0.15, -0.1) is 0 Å². The van der Waals surface area contributed by atoms with Crippen LogP contribution < -0.4 is 5.32 Å². The molecule has 1 N–H and O–H groups in total. The molecule has 1 rings (SSSR count). The maximum absolute atomic E-state index is 5.12. The zero-order valence-corrected chi connectivity index (χ0v) is 9.82. The molecule has 0 amide bonds. The largest absolute Gasteiger partial charge is 0.383 e. The molecule has 0 heterocycles. The molecule has 0 aliphatic carbocycles. The molecule has 0 aliphatic heterocycles. The fourth-order valence-corrected chi connectivity index (χ4v) is 1.40. The summed E-state index contributed by atoms with van der Waals surface area (Å²) in [5.74, 6) is 0. The number of hydrogen-bond donors (Lipinski definition) is 1. The molecular formula is C9H12BrNOS. The Morgan fingerprint density at radius 1 is 1.38 bits per heavy atom.